The molecule has 0 aliphatic heterocycles. The van der Waals surface area contributed by atoms with Crippen molar-refractivity contribution in [2.45, 2.75) is 32.2 Å². The molecule has 0 heterocycles. The lowest BCUT2D eigenvalue weighted by atomic mass is 10.0. The van der Waals surface area contributed by atoms with E-state index in [1.165, 1.54) is 0 Å². The predicted molar refractivity (Wildman–Crippen MR) is 83.0 cm³/mol. The molecule has 1 N–H and O–H groups in total. The van der Waals surface area contributed by atoms with Gasteiger partial charge in [-0.2, -0.15) is 0 Å². The second-order valence-corrected chi connectivity index (χ2v) is 10.2. The molecule has 19 heavy (non-hydrogen) atoms. The standard InChI is InChI=1S/C16H22O2Si/c1-6-7-16(17)15-12-14(18-2)9-8-13(15)10-11-19(3,4)5/h6,8-9,12,16-17H,1,7H2,2-5H3/t16-/m1/s1. The summed E-state index contributed by atoms with van der Waals surface area (Å²) >= 11 is 0. The molecule has 1 rings (SSSR count). The average Bonchev–Trinajstić information content (AvgIpc) is 2.35. The van der Waals surface area contributed by atoms with Crippen LogP contribution in [0, 0.1) is 11.5 Å². The predicted octanol–water partition coefficient (Wildman–Crippen LogP) is 3.53. The van der Waals surface area contributed by atoms with Crippen LogP contribution in [0.5, 0.6) is 5.75 Å². The minimum absolute atomic E-state index is 0.509. The Morgan fingerprint density at radius 3 is 2.63 bits per heavy atom. The Labute approximate surface area is 117 Å². The van der Waals surface area contributed by atoms with Crippen molar-refractivity contribution in [3.05, 3.63) is 42.0 Å². The third kappa shape index (κ3) is 4.94. The molecule has 0 aromatic heterocycles. The van der Waals surface area contributed by atoms with E-state index >= 15 is 0 Å². The minimum atomic E-state index is -1.43. The van der Waals surface area contributed by atoms with Gasteiger partial charge < -0.3 is 9.84 Å². The number of ether oxygens (including phenoxy) is 1. The van der Waals surface area contributed by atoms with E-state index in [1.807, 2.05) is 18.2 Å². The molecule has 0 fully saturated rings. The quantitative estimate of drug-likeness (QED) is 0.517. The summed E-state index contributed by atoms with van der Waals surface area (Å²) in [4.78, 5) is 0. The van der Waals surface area contributed by atoms with E-state index in [9.17, 15) is 5.11 Å². The second kappa shape index (κ2) is 6.60. The van der Waals surface area contributed by atoms with Gasteiger partial charge in [0.1, 0.15) is 13.8 Å². The normalized spacial score (nSPS) is 12.3. The van der Waals surface area contributed by atoms with Gasteiger partial charge in [-0.15, -0.1) is 12.1 Å². The van der Waals surface area contributed by atoms with Crippen LogP contribution in [0.15, 0.2) is 30.9 Å². The highest BCUT2D eigenvalue weighted by atomic mass is 28.3. The fourth-order valence-corrected chi connectivity index (χ4v) is 2.11. The number of benzene rings is 1. The third-order valence-electron chi connectivity index (χ3n) is 2.58. The molecule has 0 aliphatic rings. The summed E-state index contributed by atoms with van der Waals surface area (Å²) < 4.78 is 5.21. The molecule has 0 amide bonds. The summed E-state index contributed by atoms with van der Waals surface area (Å²) in [7, 11) is 0.185. The van der Waals surface area contributed by atoms with Gasteiger partial charge in [0.15, 0.2) is 0 Å². The largest absolute Gasteiger partial charge is 0.497 e. The summed E-state index contributed by atoms with van der Waals surface area (Å²) in [6.07, 6.45) is 1.63. The van der Waals surface area contributed by atoms with Crippen molar-refractivity contribution < 1.29 is 9.84 Å². The van der Waals surface area contributed by atoms with E-state index in [0.717, 1.165) is 16.9 Å². The van der Waals surface area contributed by atoms with Gasteiger partial charge in [0, 0.05) is 11.1 Å². The molecular formula is C16H22O2Si. The van der Waals surface area contributed by atoms with Crippen molar-refractivity contribution in [2.75, 3.05) is 7.11 Å². The molecule has 0 spiro atoms. The Kier molecular flexibility index (Phi) is 5.40. The van der Waals surface area contributed by atoms with Crippen LogP contribution in [0.2, 0.25) is 19.6 Å². The topological polar surface area (TPSA) is 29.5 Å². The zero-order valence-corrected chi connectivity index (χ0v) is 13.2. The zero-order chi connectivity index (χ0) is 14.5. The van der Waals surface area contributed by atoms with Crippen molar-refractivity contribution in [1.29, 1.82) is 0 Å². The molecule has 1 atom stereocenters. The lowest BCUT2D eigenvalue weighted by Crippen LogP contribution is -2.16. The molecular weight excluding hydrogens is 252 g/mol. The highest BCUT2D eigenvalue weighted by Crippen LogP contribution is 2.25. The Morgan fingerprint density at radius 2 is 2.11 bits per heavy atom. The van der Waals surface area contributed by atoms with Crippen molar-refractivity contribution in [3.63, 3.8) is 0 Å². The average molecular weight is 274 g/mol. The summed E-state index contributed by atoms with van der Waals surface area (Å²) in [5.41, 5.74) is 5.01. The first kappa shape index (κ1) is 15.6. The molecule has 0 bridgehead atoms. The number of methoxy groups -OCH3 is 1. The van der Waals surface area contributed by atoms with Crippen molar-refractivity contribution >= 4 is 8.07 Å². The SMILES string of the molecule is C=CC[C@@H](O)c1cc(OC)ccc1C#C[Si](C)(C)C. The van der Waals surface area contributed by atoms with E-state index in [-0.39, 0.29) is 0 Å². The van der Waals surface area contributed by atoms with Gasteiger partial charge in [0.05, 0.1) is 13.2 Å². The lowest BCUT2D eigenvalue weighted by Gasteiger charge is -2.13. The van der Waals surface area contributed by atoms with Gasteiger partial charge in [-0.05, 0) is 24.6 Å². The summed E-state index contributed by atoms with van der Waals surface area (Å²) in [5.74, 6) is 3.94. The molecule has 102 valence electrons. The van der Waals surface area contributed by atoms with Crippen LogP contribution in [0.4, 0.5) is 0 Å². The minimum Gasteiger partial charge on any atom is -0.497 e. The first-order valence-corrected chi connectivity index (χ1v) is 9.87. The maximum absolute atomic E-state index is 10.2. The van der Waals surface area contributed by atoms with Crippen molar-refractivity contribution in [3.8, 4) is 17.2 Å². The lowest BCUT2D eigenvalue weighted by molar-refractivity contribution is 0.181. The van der Waals surface area contributed by atoms with E-state index in [4.69, 9.17) is 4.74 Å². The Balaban J connectivity index is 3.21. The molecule has 2 nitrogen and oxygen atoms in total. The first-order valence-electron chi connectivity index (χ1n) is 6.37. The maximum atomic E-state index is 10.2. The Hall–Kier alpha value is -1.50. The summed E-state index contributed by atoms with van der Waals surface area (Å²) in [6, 6.07) is 5.63. The fraction of sp³-hybridized carbons (Fsp3) is 0.375. The number of rotatable bonds is 4. The van der Waals surface area contributed by atoms with E-state index in [0.29, 0.717) is 6.42 Å². The van der Waals surface area contributed by atoms with Gasteiger partial charge >= 0.3 is 0 Å². The fourth-order valence-electron chi connectivity index (χ4n) is 1.60. The van der Waals surface area contributed by atoms with Gasteiger partial charge in [-0.1, -0.05) is 31.6 Å². The molecule has 0 unspecified atom stereocenters. The third-order valence-corrected chi connectivity index (χ3v) is 3.45. The van der Waals surface area contributed by atoms with E-state index in [2.05, 4.69) is 37.7 Å². The molecule has 3 heteroatoms. The van der Waals surface area contributed by atoms with Crippen LogP contribution in [-0.2, 0) is 0 Å². The van der Waals surface area contributed by atoms with Crippen LogP contribution < -0.4 is 4.74 Å². The highest BCUT2D eigenvalue weighted by Gasteiger charge is 2.13. The molecule has 0 aliphatic carbocycles. The molecule has 1 aromatic rings. The van der Waals surface area contributed by atoms with Crippen LogP contribution in [0.1, 0.15) is 23.7 Å². The highest BCUT2D eigenvalue weighted by molar-refractivity contribution is 6.83. The van der Waals surface area contributed by atoms with Crippen molar-refractivity contribution in [1.82, 2.24) is 0 Å². The molecule has 1 aromatic carbocycles. The van der Waals surface area contributed by atoms with Gasteiger partial charge in [0.2, 0.25) is 0 Å². The smallest absolute Gasteiger partial charge is 0.129 e. The second-order valence-electron chi connectivity index (χ2n) is 5.49. The monoisotopic (exact) mass is 274 g/mol. The van der Waals surface area contributed by atoms with Crippen LogP contribution in [0.3, 0.4) is 0 Å². The molecule has 0 saturated carbocycles. The molecule has 0 radical (unpaired) electrons. The van der Waals surface area contributed by atoms with Crippen LogP contribution >= 0.6 is 0 Å². The van der Waals surface area contributed by atoms with E-state index in [1.54, 1.807) is 13.2 Å². The Bertz CT molecular complexity index is 504. The summed E-state index contributed by atoms with van der Waals surface area (Å²) in [6.45, 7) is 10.3. The van der Waals surface area contributed by atoms with Crippen LogP contribution in [0.25, 0.3) is 0 Å². The number of hydrogen-bond donors (Lipinski definition) is 1. The summed E-state index contributed by atoms with van der Waals surface area (Å²) in [5, 5.41) is 10.2. The number of hydrogen-bond acceptors (Lipinski definition) is 2. The van der Waals surface area contributed by atoms with Crippen molar-refractivity contribution in [2.24, 2.45) is 0 Å². The maximum Gasteiger partial charge on any atom is 0.129 e. The molecule has 0 saturated heterocycles. The van der Waals surface area contributed by atoms with Gasteiger partial charge in [0.25, 0.3) is 0 Å². The Morgan fingerprint density at radius 1 is 1.42 bits per heavy atom. The van der Waals surface area contributed by atoms with Gasteiger partial charge in [-0.25, -0.2) is 0 Å². The van der Waals surface area contributed by atoms with Gasteiger partial charge in [-0.3, -0.25) is 0 Å². The zero-order valence-electron chi connectivity index (χ0n) is 12.2. The number of aliphatic hydroxyl groups is 1. The van der Waals surface area contributed by atoms with Crippen LogP contribution in [-0.4, -0.2) is 20.3 Å². The number of aliphatic hydroxyl groups excluding tert-OH is 1. The van der Waals surface area contributed by atoms with E-state index < -0.39 is 14.2 Å². The first-order chi connectivity index (χ1) is 8.87.